The Labute approximate surface area is 108 Å². The van der Waals surface area contributed by atoms with Gasteiger partial charge in [0.1, 0.15) is 6.23 Å². The molecule has 1 aromatic heterocycles. The highest BCUT2D eigenvalue weighted by atomic mass is 16.5. The predicted molar refractivity (Wildman–Crippen MR) is 64.7 cm³/mol. The summed E-state index contributed by atoms with van der Waals surface area (Å²) in [6.45, 7) is 1.42. The number of fused-ring (bicyclic) bond motifs is 1. The number of rotatable bonds is 2. The largest absolute Gasteiger partial charge is 0.394 e. The van der Waals surface area contributed by atoms with Crippen LogP contribution in [-0.2, 0) is 4.74 Å². The van der Waals surface area contributed by atoms with Crippen molar-refractivity contribution in [3.63, 3.8) is 0 Å². The maximum absolute atomic E-state index is 11.8. The third-order valence-electron chi connectivity index (χ3n) is 4.16. The lowest BCUT2D eigenvalue weighted by molar-refractivity contribution is -0.0444. The van der Waals surface area contributed by atoms with Crippen LogP contribution in [0.15, 0.2) is 15.8 Å². The molecule has 1 saturated heterocycles. The van der Waals surface area contributed by atoms with E-state index in [1.54, 1.807) is 6.92 Å². The molecular formula is C12H16N2O5. The monoisotopic (exact) mass is 268 g/mol. The van der Waals surface area contributed by atoms with E-state index in [1.165, 1.54) is 10.8 Å². The molecular weight excluding hydrogens is 252 g/mol. The van der Waals surface area contributed by atoms with Gasteiger partial charge in [-0.25, -0.2) is 4.79 Å². The van der Waals surface area contributed by atoms with Gasteiger partial charge in [0.05, 0.1) is 18.8 Å². The summed E-state index contributed by atoms with van der Waals surface area (Å²) in [4.78, 5) is 25.4. The highest BCUT2D eigenvalue weighted by molar-refractivity contribution is 5.06. The van der Waals surface area contributed by atoms with Crippen LogP contribution in [0.4, 0.5) is 0 Å². The molecule has 5 atom stereocenters. The minimum Gasteiger partial charge on any atom is -0.394 e. The molecule has 0 unspecified atom stereocenters. The van der Waals surface area contributed by atoms with Crippen LogP contribution in [0.1, 0.15) is 18.2 Å². The van der Waals surface area contributed by atoms with Crippen LogP contribution in [-0.4, -0.2) is 38.6 Å². The fourth-order valence-corrected chi connectivity index (χ4v) is 3.10. The number of aryl methyl sites for hydroxylation is 1. The zero-order chi connectivity index (χ0) is 13.7. The molecule has 1 aliphatic heterocycles. The first-order valence-electron chi connectivity index (χ1n) is 6.29. The Kier molecular flexibility index (Phi) is 2.84. The zero-order valence-electron chi connectivity index (χ0n) is 10.4. The number of ether oxygens (including phenoxy) is 1. The molecule has 104 valence electrons. The smallest absolute Gasteiger partial charge is 0.330 e. The van der Waals surface area contributed by atoms with Gasteiger partial charge in [0, 0.05) is 23.6 Å². The Hall–Kier alpha value is -1.44. The standard InChI is InChI=1S/C12H16N2O5/c1-5-3-14(12(18)13-10(5)17)11-6-2-7(16)9(6)8(4-15)19-11/h3,6-9,11,15-16H,2,4H2,1H3,(H,13,17,18)/t6-,7+,8-,9-,11-/m1/s1. The first-order chi connectivity index (χ1) is 9.02. The lowest BCUT2D eigenvalue weighted by atomic mass is 9.69. The molecule has 3 N–H and O–H groups in total. The van der Waals surface area contributed by atoms with E-state index in [0.717, 1.165) is 0 Å². The first kappa shape index (κ1) is 12.6. The number of aromatic nitrogens is 2. The number of hydrogen-bond donors (Lipinski definition) is 3. The fraction of sp³-hybridized carbons (Fsp3) is 0.667. The van der Waals surface area contributed by atoms with Gasteiger partial charge in [0.2, 0.25) is 0 Å². The molecule has 0 spiro atoms. The molecule has 1 aliphatic carbocycles. The number of aliphatic hydroxyl groups is 2. The summed E-state index contributed by atoms with van der Waals surface area (Å²) < 4.78 is 7.00. The van der Waals surface area contributed by atoms with Crippen LogP contribution in [0, 0.1) is 18.8 Å². The lowest BCUT2D eigenvalue weighted by Crippen LogP contribution is -2.46. The number of H-pyrrole nitrogens is 1. The Morgan fingerprint density at radius 1 is 1.53 bits per heavy atom. The summed E-state index contributed by atoms with van der Waals surface area (Å²) >= 11 is 0. The molecule has 2 aliphatic rings. The molecule has 1 saturated carbocycles. The summed E-state index contributed by atoms with van der Waals surface area (Å²) in [5, 5.41) is 19.0. The molecule has 0 amide bonds. The Morgan fingerprint density at radius 3 is 2.84 bits per heavy atom. The van der Waals surface area contributed by atoms with Gasteiger partial charge in [-0.05, 0) is 13.3 Å². The molecule has 19 heavy (non-hydrogen) atoms. The van der Waals surface area contributed by atoms with Crippen LogP contribution in [0.5, 0.6) is 0 Å². The molecule has 7 nitrogen and oxygen atoms in total. The van der Waals surface area contributed by atoms with E-state index >= 15 is 0 Å². The summed E-state index contributed by atoms with van der Waals surface area (Å²) in [6.07, 6.45) is 0.516. The summed E-state index contributed by atoms with van der Waals surface area (Å²) in [5.74, 6) is -0.149. The molecule has 2 fully saturated rings. The van der Waals surface area contributed by atoms with Crippen LogP contribution in [0.25, 0.3) is 0 Å². The predicted octanol–water partition coefficient (Wildman–Crippen LogP) is -1.27. The van der Waals surface area contributed by atoms with Gasteiger partial charge in [-0.3, -0.25) is 14.3 Å². The number of hydrogen-bond acceptors (Lipinski definition) is 5. The number of aromatic amines is 1. The second-order valence-corrected chi connectivity index (χ2v) is 5.27. The van der Waals surface area contributed by atoms with Gasteiger partial charge in [-0.1, -0.05) is 0 Å². The van der Waals surface area contributed by atoms with E-state index in [0.29, 0.717) is 12.0 Å². The van der Waals surface area contributed by atoms with Gasteiger partial charge in [0.15, 0.2) is 0 Å². The van der Waals surface area contributed by atoms with Crippen LogP contribution < -0.4 is 11.2 Å². The summed E-state index contributed by atoms with van der Waals surface area (Å²) in [5.41, 5.74) is -0.519. The van der Waals surface area contributed by atoms with Crippen molar-refractivity contribution in [2.75, 3.05) is 6.61 Å². The highest BCUT2D eigenvalue weighted by Gasteiger charge is 2.56. The highest BCUT2D eigenvalue weighted by Crippen LogP contribution is 2.51. The zero-order valence-corrected chi connectivity index (χ0v) is 10.4. The van der Waals surface area contributed by atoms with Crippen molar-refractivity contribution in [3.8, 4) is 0 Å². The number of nitrogens with zero attached hydrogens (tertiary/aromatic N) is 1. The summed E-state index contributed by atoms with van der Waals surface area (Å²) in [6, 6.07) is 0. The quantitative estimate of drug-likeness (QED) is 0.620. The average Bonchev–Trinajstić information content (AvgIpc) is 2.66. The van der Waals surface area contributed by atoms with Crippen molar-refractivity contribution in [1.29, 1.82) is 0 Å². The topological polar surface area (TPSA) is 105 Å². The van der Waals surface area contributed by atoms with Gasteiger partial charge in [-0.15, -0.1) is 0 Å². The fourth-order valence-electron chi connectivity index (χ4n) is 3.10. The third kappa shape index (κ3) is 1.77. The Morgan fingerprint density at radius 2 is 2.26 bits per heavy atom. The van der Waals surface area contributed by atoms with Crippen molar-refractivity contribution in [3.05, 3.63) is 32.6 Å². The van der Waals surface area contributed by atoms with Gasteiger partial charge in [-0.2, -0.15) is 0 Å². The number of nitrogens with one attached hydrogen (secondary N) is 1. The van der Waals surface area contributed by atoms with Crippen molar-refractivity contribution in [2.45, 2.75) is 31.8 Å². The third-order valence-corrected chi connectivity index (χ3v) is 4.16. The average molecular weight is 268 g/mol. The minimum atomic E-state index is -0.534. The normalized spacial score (nSPS) is 36.9. The van der Waals surface area contributed by atoms with Crippen molar-refractivity contribution in [1.82, 2.24) is 9.55 Å². The van der Waals surface area contributed by atoms with E-state index in [9.17, 15) is 19.8 Å². The van der Waals surface area contributed by atoms with Crippen molar-refractivity contribution >= 4 is 0 Å². The van der Waals surface area contributed by atoms with E-state index in [1.807, 2.05) is 0 Å². The van der Waals surface area contributed by atoms with Gasteiger partial charge in [0.25, 0.3) is 5.56 Å². The van der Waals surface area contributed by atoms with Gasteiger partial charge >= 0.3 is 5.69 Å². The van der Waals surface area contributed by atoms with Crippen molar-refractivity contribution in [2.24, 2.45) is 11.8 Å². The molecule has 1 aromatic rings. The summed E-state index contributed by atoms with van der Waals surface area (Å²) in [7, 11) is 0. The molecule has 7 heteroatoms. The second-order valence-electron chi connectivity index (χ2n) is 5.27. The van der Waals surface area contributed by atoms with E-state index in [-0.39, 0.29) is 18.4 Å². The van der Waals surface area contributed by atoms with Crippen LogP contribution >= 0.6 is 0 Å². The molecule has 0 aromatic carbocycles. The number of aliphatic hydroxyl groups excluding tert-OH is 2. The SMILES string of the molecule is Cc1cn([C@@H]2O[C@H](CO)[C@@H]3[C@H]2C[C@@H]3O)c(=O)[nH]c1=O. The van der Waals surface area contributed by atoms with Crippen LogP contribution in [0.3, 0.4) is 0 Å². The molecule has 0 radical (unpaired) electrons. The van der Waals surface area contributed by atoms with Crippen molar-refractivity contribution < 1.29 is 14.9 Å². The molecule has 3 rings (SSSR count). The Bertz CT molecular complexity index is 607. The van der Waals surface area contributed by atoms with Crippen LogP contribution in [0.2, 0.25) is 0 Å². The first-order valence-corrected chi connectivity index (χ1v) is 6.29. The van der Waals surface area contributed by atoms with Gasteiger partial charge < -0.3 is 14.9 Å². The molecule has 2 heterocycles. The maximum atomic E-state index is 11.8. The maximum Gasteiger partial charge on any atom is 0.330 e. The van der Waals surface area contributed by atoms with E-state index in [2.05, 4.69) is 4.98 Å². The Balaban J connectivity index is 1.98. The molecule has 0 bridgehead atoms. The van der Waals surface area contributed by atoms with E-state index < -0.39 is 29.7 Å². The van der Waals surface area contributed by atoms with E-state index in [4.69, 9.17) is 4.74 Å². The minimum absolute atomic E-state index is 0.00449. The lowest BCUT2D eigenvalue weighted by Gasteiger charge is -2.38. The second kappa shape index (κ2) is 4.29.